The van der Waals surface area contributed by atoms with Crippen molar-refractivity contribution in [3.8, 4) is 0 Å². The van der Waals surface area contributed by atoms with E-state index in [-0.39, 0.29) is 19.1 Å². The number of hydrogen-bond donors (Lipinski definition) is 3. The van der Waals surface area contributed by atoms with E-state index < -0.39 is 6.10 Å². The molecule has 2 heterocycles. The Labute approximate surface area is 100 Å². The summed E-state index contributed by atoms with van der Waals surface area (Å²) < 4.78 is 2.19. The van der Waals surface area contributed by atoms with E-state index in [1.807, 2.05) is 17.5 Å². The number of hydrogen-bond acceptors (Lipinski definition) is 5. The highest BCUT2D eigenvalue weighted by Crippen LogP contribution is 2.29. The summed E-state index contributed by atoms with van der Waals surface area (Å²) in [5.41, 5.74) is 0. The van der Waals surface area contributed by atoms with Gasteiger partial charge < -0.3 is 15.5 Å². The SMILES string of the molecule is O=C(NCC(O)CO)c1cc2sccc2s1. The Kier molecular flexibility index (Phi) is 3.55. The molecule has 16 heavy (non-hydrogen) atoms. The molecule has 2 aromatic rings. The molecule has 2 rings (SSSR count). The summed E-state index contributed by atoms with van der Waals surface area (Å²) in [7, 11) is 0. The van der Waals surface area contributed by atoms with E-state index >= 15 is 0 Å². The van der Waals surface area contributed by atoms with Gasteiger partial charge in [0.15, 0.2) is 0 Å². The van der Waals surface area contributed by atoms with Crippen LogP contribution in [0.15, 0.2) is 17.5 Å². The first-order valence-corrected chi connectivity index (χ1v) is 6.44. The van der Waals surface area contributed by atoms with Crippen LogP contribution < -0.4 is 5.32 Å². The van der Waals surface area contributed by atoms with E-state index in [9.17, 15) is 4.79 Å². The zero-order chi connectivity index (χ0) is 11.5. The highest BCUT2D eigenvalue weighted by molar-refractivity contribution is 7.27. The molecule has 3 N–H and O–H groups in total. The van der Waals surface area contributed by atoms with Gasteiger partial charge in [0.1, 0.15) is 0 Å². The molecular formula is C10H11NO3S2. The lowest BCUT2D eigenvalue weighted by molar-refractivity contribution is 0.0804. The molecule has 1 amide bonds. The average molecular weight is 257 g/mol. The van der Waals surface area contributed by atoms with Crippen molar-refractivity contribution >= 4 is 38.0 Å². The maximum atomic E-state index is 11.6. The van der Waals surface area contributed by atoms with E-state index in [2.05, 4.69) is 5.32 Å². The molecular weight excluding hydrogens is 246 g/mol. The van der Waals surface area contributed by atoms with Crippen molar-refractivity contribution < 1.29 is 15.0 Å². The molecule has 0 aliphatic carbocycles. The molecule has 0 fully saturated rings. The standard InChI is InChI=1S/C10H11NO3S2/c12-5-6(13)4-11-10(14)9-3-8-7(16-9)1-2-15-8/h1-3,6,12-13H,4-5H2,(H,11,14). The lowest BCUT2D eigenvalue weighted by atomic mass is 10.3. The Bertz CT molecular complexity index is 462. The largest absolute Gasteiger partial charge is 0.394 e. The number of carbonyl (C=O) groups excluding carboxylic acids is 1. The fourth-order valence-electron chi connectivity index (χ4n) is 1.24. The van der Waals surface area contributed by atoms with Gasteiger partial charge in [-0.25, -0.2) is 0 Å². The number of thiophene rings is 2. The Morgan fingerprint density at radius 2 is 2.31 bits per heavy atom. The Balaban J connectivity index is 2.02. The molecule has 2 aromatic heterocycles. The first-order valence-electron chi connectivity index (χ1n) is 4.75. The Morgan fingerprint density at radius 3 is 3.00 bits per heavy atom. The zero-order valence-corrected chi connectivity index (χ0v) is 9.98. The average Bonchev–Trinajstić information content (AvgIpc) is 2.85. The van der Waals surface area contributed by atoms with Gasteiger partial charge in [-0.3, -0.25) is 4.79 Å². The highest BCUT2D eigenvalue weighted by Gasteiger charge is 2.11. The minimum absolute atomic E-state index is 0.0703. The Hall–Kier alpha value is -0.950. The molecule has 4 nitrogen and oxygen atoms in total. The minimum Gasteiger partial charge on any atom is -0.394 e. The number of nitrogens with one attached hydrogen (secondary N) is 1. The lowest BCUT2D eigenvalue weighted by Gasteiger charge is -2.07. The monoisotopic (exact) mass is 257 g/mol. The summed E-state index contributed by atoms with van der Waals surface area (Å²) in [5, 5.41) is 22.2. The van der Waals surface area contributed by atoms with Crippen molar-refractivity contribution in [2.45, 2.75) is 6.10 Å². The van der Waals surface area contributed by atoms with Crippen LogP contribution in [0.4, 0.5) is 0 Å². The normalized spacial score (nSPS) is 12.9. The van der Waals surface area contributed by atoms with Gasteiger partial charge in [0.05, 0.1) is 17.6 Å². The van der Waals surface area contributed by atoms with E-state index in [0.717, 1.165) is 9.40 Å². The molecule has 0 aliphatic heterocycles. The summed E-state index contributed by atoms with van der Waals surface area (Å²) in [6, 6.07) is 3.81. The van der Waals surface area contributed by atoms with Crippen LogP contribution in [-0.2, 0) is 0 Å². The maximum Gasteiger partial charge on any atom is 0.261 e. The predicted molar refractivity (Wildman–Crippen MR) is 65.1 cm³/mol. The summed E-state index contributed by atoms with van der Waals surface area (Å²) in [5.74, 6) is -0.208. The first kappa shape index (κ1) is 11.5. The minimum atomic E-state index is -0.898. The number of fused-ring (bicyclic) bond motifs is 1. The third-order valence-electron chi connectivity index (χ3n) is 2.07. The van der Waals surface area contributed by atoms with E-state index in [1.165, 1.54) is 11.3 Å². The van der Waals surface area contributed by atoms with Gasteiger partial charge >= 0.3 is 0 Å². The second kappa shape index (κ2) is 4.92. The van der Waals surface area contributed by atoms with Gasteiger partial charge in [-0.1, -0.05) is 0 Å². The number of carbonyl (C=O) groups is 1. The van der Waals surface area contributed by atoms with Crippen LogP contribution in [0.5, 0.6) is 0 Å². The molecule has 1 atom stereocenters. The molecule has 0 saturated heterocycles. The topological polar surface area (TPSA) is 69.6 Å². The predicted octanol–water partition coefficient (Wildman–Crippen LogP) is 1.05. The molecule has 0 bridgehead atoms. The molecule has 86 valence electrons. The number of rotatable bonds is 4. The molecule has 0 saturated carbocycles. The summed E-state index contributed by atoms with van der Waals surface area (Å²) >= 11 is 3.02. The molecule has 0 aromatic carbocycles. The Morgan fingerprint density at radius 1 is 1.50 bits per heavy atom. The van der Waals surface area contributed by atoms with Crippen molar-refractivity contribution in [3.63, 3.8) is 0 Å². The van der Waals surface area contributed by atoms with Crippen LogP contribution >= 0.6 is 22.7 Å². The van der Waals surface area contributed by atoms with Crippen molar-refractivity contribution in [2.24, 2.45) is 0 Å². The quantitative estimate of drug-likeness (QED) is 0.766. The first-order chi connectivity index (χ1) is 7.70. The zero-order valence-electron chi connectivity index (χ0n) is 8.34. The van der Waals surface area contributed by atoms with Gasteiger partial charge in [0.25, 0.3) is 5.91 Å². The van der Waals surface area contributed by atoms with Gasteiger partial charge in [-0.2, -0.15) is 0 Å². The van der Waals surface area contributed by atoms with E-state index in [1.54, 1.807) is 11.3 Å². The molecule has 6 heteroatoms. The van der Waals surface area contributed by atoms with E-state index in [4.69, 9.17) is 10.2 Å². The fraction of sp³-hybridized carbons (Fsp3) is 0.300. The number of aliphatic hydroxyl groups is 2. The molecule has 1 unspecified atom stereocenters. The second-order valence-electron chi connectivity index (χ2n) is 3.31. The summed E-state index contributed by atoms with van der Waals surface area (Å²) in [6.07, 6.45) is -0.898. The van der Waals surface area contributed by atoms with Crippen LogP contribution in [0, 0.1) is 0 Å². The number of aliphatic hydroxyl groups excluding tert-OH is 2. The van der Waals surface area contributed by atoms with Gasteiger partial charge in [0, 0.05) is 15.9 Å². The van der Waals surface area contributed by atoms with E-state index in [0.29, 0.717) is 4.88 Å². The molecule has 0 radical (unpaired) electrons. The van der Waals surface area contributed by atoms with Crippen LogP contribution in [0.3, 0.4) is 0 Å². The second-order valence-corrected chi connectivity index (χ2v) is 5.34. The fourth-order valence-corrected chi connectivity index (χ4v) is 3.26. The van der Waals surface area contributed by atoms with Gasteiger partial charge in [-0.05, 0) is 17.5 Å². The third kappa shape index (κ3) is 2.41. The smallest absolute Gasteiger partial charge is 0.261 e. The van der Waals surface area contributed by atoms with Crippen molar-refractivity contribution in [1.29, 1.82) is 0 Å². The summed E-state index contributed by atoms with van der Waals surface area (Å²) in [4.78, 5) is 12.3. The van der Waals surface area contributed by atoms with Crippen LogP contribution in [0.25, 0.3) is 9.40 Å². The van der Waals surface area contributed by atoms with Crippen LogP contribution in [0.1, 0.15) is 9.67 Å². The highest BCUT2D eigenvalue weighted by atomic mass is 32.1. The summed E-state index contributed by atoms with van der Waals surface area (Å²) in [6.45, 7) is -0.277. The van der Waals surface area contributed by atoms with Crippen LogP contribution in [0.2, 0.25) is 0 Å². The van der Waals surface area contributed by atoms with Crippen molar-refractivity contribution in [2.75, 3.05) is 13.2 Å². The van der Waals surface area contributed by atoms with Gasteiger partial charge in [-0.15, -0.1) is 22.7 Å². The molecule has 0 spiro atoms. The van der Waals surface area contributed by atoms with Crippen LogP contribution in [-0.4, -0.2) is 35.4 Å². The third-order valence-corrected chi connectivity index (χ3v) is 4.16. The number of amides is 1. The maximum absolute atomic E-state index is 11.6. The lowest BCUT2D eigenvalue weighted by Crippen LogP contribution is -2.33. The molecule has 0 aliphatic rings. The van der Waals surface area contributed by atoms with Gasteiger partial charge in [0.2, 0.25) is 0 Å². The van der Waals surface area contributed by atoms with Crippen molar-refractivity contribution in [3.05, 3.63) is 22.4 Å². The van der Waals surface area contributed by atoms with Crippen molar-refractivity contribution in [1.82, 2.24) is 5.32 Å².